The molecule has 2 N–H and O–H groups in total. The van der Waals surface area contributed by atoms with Gasteiger partial charge in [-0.15, -0.1) is 13.2 Å². The molecule has 0 saturated heterocycles. The van der Waals surface area contributed by atoms with E-state index < -0.39 is 23.7 Å². The summed E-state index contributed by atoms with van der Waals surface area (Å²) in [7, 11) is 0. The zero-order valence-electron chi connectivity index (χ0n) is 17.9. The van der Waals surface area contributed by atoms with Crippen molar-refractivity contribution in [3.63, 3.8) is 0 Å². The number of carboxylic acid groups (broad SMARTS) is 1. The summed E-state index contributed by atoms with van der Waals surface area (Å²) in [6.45, 7) is 0.119. The van der Waals surface area contributed by atoms with E-state index in [1.165, 1.54) is 18.2 Å². The van der Waals surface area contributed by atoms with E-state index in [4.69, 9.17) is 9.26 Å². The van der Waals surface area contributed by atoms with Crippen molar-refractivity contribution < 1.29 is 42.2 Å². The summed E-state index contributed by atoms with van der Waals surface area (Å²) in [6.07, 6.45) is -1.07. The molecule has 10 heteroatoms. The van der Waals surface area contributed by atoms with Crippen molar-refractivity contribution in [2.75, 3.05) is 13.2 Å². The Kier molecular flexibility index (Phi) is 6.67. The third-order valence-electron chi connectivity index (χ3n) is 6.52. The van der Waals surface area contributed by atoms with E-state index in [2.05, 4.69) is 9.89 Å². The molecule has 0 atom stereocenters. The lowest BCUT2D eigenvalue weighted by Gasteiger charge is -2.37. The van der Waals surface area contributed by atoms with Gasteiger partial charge >= 0.3 is 12.3 Å². The fourth-order valence-electron chi connectivity index (χ4n) is 4.41. The molecule has 0 amide bonds. The van der Waals surface area contributed by atoms with E-state index in [9.17, 15) is 28.2 Å². The van der Waals surface area contributed by atoms with Crippen LogP contribution in [0.1, 0.15) is 55.8 Å². The number of hydrogen-bond donors (Lipinski definition) is 2. The standard InChI is InChI=1S/C23H26F3NO6/c24-23(25,26)32-18-4-2-1-3-16(18)19-17(20(33-27-19)14-5-6-14)11-31-13-22(12-28)9-7-15(8-10-22)21(29)30/h1-4,14-15,28H,5-13H2,(H,29,30). The number of hydrogen-bond acceptors (Lipinski definition) is 6. The summed E-state index contributed by atoms with van der Waals surface area (Å²) in [5.74, 6) is -0.870. The van der Waals surface area contributed by atoms with Crippen molar-refractivity contribution in [2.45, 2.75) is 57.4 Å². The van der Waals surface area contributed by atoms with Crippen LogP contribution in [0.15, 0.2) is 28.8 Å². The third-order valence-corrected chi connectivity index (χ3v) is 6.52. The Hall–Kier alpha value is -2.59. The number of halogens is 3. The summed E-state index contributed by atoms with van der Waals surface area (Å²) < 4.78 is 54.3. The molecule has 1 heterocycles. The van der Waals surface area contributed by atoms with Crippen LogP contribution in [0, 0.1) is 11.3 Å². The molecule has 2 aromatic rings. The number of aromatic nitrogens is 1. The number of aliphatic hydroxyl groups excluding tert-OH is 1. The number of carboxylic acids is 1. The van der Waals surface area contributed by atoms with Gasteiger partial charge in [0.25, 0.3) is 0 Å². The third kappa shape index (κ3) is 5.50. The molecule has 2 fully saturated rings. The van der Waals surface area contributed by atoms with Gasteiger partial charge in [-0.2, -0.15) is 0 Å². The van der Waals surface area contributed by atoms with Crippen molar-refractivity contribution in [1.29, 1.82) is 0 Å². The summed E-state index contributed by atoms with van der Waals surface area (Å²) in [4.78, 5) is 11.2. The number of rotatable bonds is 9. The Morgan fingerprint density at radius 1 is 1.18 bits per heavy atom. The highest BCUT2D eigenvalue weighted by molar-refractivity contribution is 5.71. The van der Waals surface area contributed by atoms with Crippen LogP contribution in [-0.4, -0.2) is 40.9 Å². The van der Waals surface area contributed by atoms with Crippen LogP contribution in [-0.2, 0) is 16.1 Å². The molecule has 4 rings (SSSR count). The molecular formula is C23H26F3NO6. The molecule has 0 unspecified atom stereocenters. The first kappa shape index (κ1) is 23.6. The SMILES string of the molecule is O=C(O)C1CCC(CO)(COCc2c(-c3ccccc3OC(F)(F)F)noc2C2CC2)CC1. The molecule has 33 heavy (non-hydrogen) atoms. The smallest absolute Gasteiger partial charge is 0.481 e. The summed E-state index contributed by atoms with van der Waals surface area (Å²) in [5.41, 5.74) is 0.427. The summed E-state index contributed by atoms with van der Waals surface area (Å²) in [5, 5.41) is 23.2. The monoisotopic (exact) mass is 469 g/mol. The minimum absolute atomic E-state index is 0.0507. The first-order chi connectivity index (χ1) is 15.7. The summed E-state index contributed by atoms with van der Waals surface area (Å²) >= 11 is 0. The number of aliphatic carboxylic acids is 1. The minimum Gasteiger partial charge on any atom is -0.481 e. The van der Waals surface area contributed by atoms with Gasteiger partial charge in [0.1, 0.15) is 17.2 Å². The maximum Gasteiger partial charge on any atom is 0.573 e. The molecule has 1 aromatic carbocycles. The Balaban J connectivity index is 1.52. The second-order valence-electron chi connectivity index (χ2n) is 8.96. The zero-order valence-corrected chi connectivity index (χ0v) is 17.9. The number of carbonyl (C=O) groups is 1. The Morgan fingerprint density at radius 2 is 1.88 bits per heavy atom. The highest BCUT2D eigenvalue weighted by Crippen LogP contribution is 2.46. The number of nitrogens with zero attached hydrogens (tertiary/aromatic N) is 1. The molecule has 0 bridgehead atoms. The lowest BCUT2D eigenvalue weighted by Crippen LogP contribution is -2.37. The van der Waals surface area contributed by atoms with Gasteiger partial charge in [0.15, 0.2) is 0 Å². The lowest BCUT2D eigenvalue weighted by molar-refractivity contribution is -0.274. The topological polar surface area (TPSA) is 102 Å². The van der Waals surface area contributed by atoms with Crippen molar-refractivity contribution in [3.05, 3.63) is 35.6 Å². The molecule has 0 radical (unpaired) electrons. The van der Waals surface area contributed by atoms with E-state index in [-0.39, 0.29) is 42.7 Å². The normalized spacial score (nSPS) is 23.5. The molecule has 2 aliphatic carbocycles. The maximum absolute atomic E-state index is 12.9. The fourth-order valence-corrected chi connectivity index (χ4v) is 4.41. The van der Waals surface area contributed by atoms with E-state index in [0.717, 1.165) is 12.8 Å². The van der Waals surface area contributed by atoms with Crippen molar-refractivity contribution in [3.8, 4) is 17.0 Å². The van der Waals surface area contributed by atoms with Gasteiger partial charge in [-0.05, 0) is 50.7 Å². The van der Waals surface area contributed by atoms with Gasteiger partial charge in [-0.1, -0.05) is 17.3 Å². The summed E-state index contributed by atoms with van der Waals surface area (Å²) in [6, 6.07) is 5.75. The van der Waals surface area contributed by atoms with Crippen molar-refractivity contribution in [2.24, 2.45) is 11.3 Å². The fraction of sp³-hybridized carbons (Fsp3) is 0.565. The van der Waals surface area contributed by atoms with Gasteiger partial charge in [0.05, 0.1) is 25.7 Å². The number of aliphatic hydroxyl groups is 1. The van der Waals surface area contributed by atoms with Gasteiger partial charge in [0.2, 0.25) is 0 Å². The molecule has 180 valence electrons. The highest BCUT2D eigenvalue weighted by atomic mass is 19.4. The molecule has 0 aliphatic heterocycles. The van der Waals surface area contributed by atoms with Gasteiger partial charge in [0, 0.05) is 22.5 Å². The molecule has 7 nitrogen and oxygen atoms in total. The molecule has 2 aliphatic rings. The highest BCUT2D eigenvalue weighted by Gasteiger charge is 2.39. The van der Waals surface area contributed by atoms with Crippen LogP contribution < -0.4 is 4.74 Å². The van der Waals surface area contributed by atoms with E-state index in [1.807, 2.05) is 0 Å². The Bertz CT molecular complexity index is 977. The lowest BCUT2D eigenvalue weighted by atomic mass is 9.71. The van der Waals surface area contributed by atoms with E-state index >= 15 is 0 Å². The first-order valence-corrected chi connectivity index (χ1v) is 11.0. The molecular weight excluding hydrogens is 443 g/mol. The van der Waals surface area contributed by atoms with Gasteiger partial charge in [-0.25, -0.2) is 0 Å². The average molecular weight is 469 g/mol. The van der Waals surface area contributed by atoms with Crippen LogP contribution in [0.5, 0.6) is 5.75 Å². The van der Waals surface area contributed by atoms with Crippen molar-refractivity contribution >= 4 is 5.97 Å². The average Bonchev–Trinajstić information content (AvgIpc) is 3.53. The van der Waals surface area contributed by atoms with Gasteiger partial charge in [-0.3, -0.25) is 4.79 Å². The molecule has 2 saturated carbocycles. The van der Waals surface area contributed by atoms with Crippen LogP contribution in [0.2, 0.25) is 0 Å². The van der Waals surface area contributed by atoms with Crippen LogP contribution >= 0.6 is 0 Å². The minimum atomic E-state index is -4.85. The van der Waals surface area contributed by atoms with Crippen LogP contribution in [0.3, 0.4) is 0 Å². The van der Waals surface area contributed by atoms with Crippen molar-refractivity contribution in [1.82, 2.24) is 5.16 Å². The Morgan fingerprint density at radius 3 is 2.48 bits per heavy atom. The van der Waals surface area contributed by atoms with Crippen LogP contribution in [0.25, 0.3) is 11.3 Å². The predicted molar refractivity (Wildman–Crippen MR) is 109 cm³/mol. The zero-order chi connectivity index (χ0) is 23.6. The Labute approximate surface area is 188 Å². The second-order valence-corrected chi connectivity index (χ2v) is 8.96. The first-order valence-electron chi connectivity index (χ1n) is 11.0. The van der Waals surface area contributed by atoms with Gasteiger partial charge < -0.3 is 24.2 Å². The largest absolute Gasteiger partial charge is 0.573 e. The maximum atomic E-state index is 12.9. The second kappa shape index (κ2) is 9.34. The number of alkyl halides is 3. The van der Waals surface area contributed by atoms with Crippen LogP contribution in [0.4, 0.5) is 13.2 Å². The molecule has 0 spiro atoms. The molecule has 1 aromatic heterocycles. The van der Waals surface area contributed by atoms with E-state index in [0.29, 0.717) is 37.0 Å². The van der Waals surface area contributed by atoms with E-state index in [1.54, 1.807) is 6.07 Å². The predicted octanol–water partition coefficient (Wildman–Crippen LogP) is 4.89. The number of benzene rings is 1. The number of ether oxygens (including phenoxy) is 2. The number of para-hydroxylation sites is 1. The quantitative estimate of drug-likeness (QED) is 0.539.